The van der Waals surface area contributed by atoms with E-state index < -0.39 is 42.3 Å². The molecule has 0 fully saturated rings. The SMILES string of the molecule is O=C(CCCN/C=C\C=C/C/C=C/c1ccc(N(CCO)CCO)cc1)OCC(O)C1OC(=O)C(O)=C1O. The molecule has 2 unspecified atom stereocenters. The van der Waals surface area contributed by atoms with Gasteiger partial charge in [0.1, 0.15) is 12.7 Å². The van der Waals surface area contributed by atoms with Crippen LogP contribution in [-0.4, -0.2) is 89.1 Å². The molecule has 1 aliphatic rings. The van der Waals surface area contributed by atoms with E-state index in [0.29, 0.717) is 26.1 Å². The Morgan fingerprint density at radius 1 is 1.11 bits per heavy atom. The highest BCUT2D eigenvalue weighted by Crippen LogP contribution is 2.21. The van der Waals surface area contributed by atoms with Crippen molar-refractivity contribution in [2.24, 2.45) is 0 Å². The van der Waals surface area contributed by atoms with Crippen LogP contribution in [0.15, 0.2) is 66.3 Å². The maximum Gasteiger partial charge on any atom is 0.377 e. The number of carbonyl (C=O) groups excluding carboxylic acids is 2. The van der Waals surface area contributed by atoms with E-state index in [1.165, 1.54) is 0 Å². The van der Waals surface area contributed by atoms with Crippen molar-refractivity contribution in [1.82, 2.24) is 5.32 Å². The molecule has 11 nitrogen and oxygen atoms in total. The van der Waals surface area contributed by atoms with Crippen molar-refractivity contribution in [1.29, 1.82) is 0 Å². The Labute approximate surface area is 221 Å². The number of nitrogens with zero attached hydrogens (tertiary/aromatic N) is 1. The first-order chi connectivity index (χ1) is 18.4. The molecule has 0 saturated carbocycles. The van der Waals surface area contributed by atoms with Crippen LogP contribution < -0.4 is 10.2 Å². The summed E-state index contributed by atoms with van der Waals surface area (Å²) >= 11 is 0. The van der Waals surface area contributed by atoms with E-state index in [1.807, 2.05) is 59.5 Å². The minimum absolute atomic E-state index is 0.0280. The van der Waals surface area contributed by atoms with E-state index in [4.69, 9.17) is 14.9 Å². The predicted molar refractivity (Wildman–Crippen MR) is 141 cm³/mol. The molecular formula is C27H36N2O9. The Kier molecular flexibility index (Phi) is 13.5. The molecule has 0 radical (unpaired) electrons. The molecule has 0 bridgehead atoms. The molecule has 11 heteroatoms. The van der Waals surface area contributed by atoms with Crippen molar-refractivity contribution >= 4 is 23.7 Å². The van der Waals surface area contributed by atoms with Crippen LogP contribution in [0.2, 0.25) is 0 Å². The highest BCUT2D eigenvalue weighted by atomic mass is 16.6. The fourth-order valence-electron chi connectivity index (χ4n) is 3.45. The number of ether oxygens (including phenoxy) is 2. The van der Waals surface area contributed by atoms with Gasteiger partial charge < -0.3 is 45.2 Å². The summed E-state index contributed by atoms with van der Waals surface area (Å²) in [4.78, 5) is 24.8. The second-order valence-corrected chi connectivity index (χ2v) is 8.32. The minimum atomic E-state index is -1.48. The molecule has 1 aromatic carbocycles. The Morgan fingerprint density at radius 3 is 2.45 bits per heavy atom. The zero-order valence-electron chi connectivity index (χ0n) is 21.1. The van der Waals surface area contributed by atoms with Crippen molar-refractivity contribution in [3.8, 4) is 0 Å². The number of esters is 2. The van der Waals surface area contributed by atoms with Gasteiger partial charge in [-0.2, -0.15) is 0 Å². The first-order valence-electron chi connectivity index (χ1n) is 12.3. The fraction of sp³-hybridized carbons (Fsp3) is 0.407. The summed E-state index contributed by atoms with van der Waals surface area (Å²) < 4.78 is 9.50. The Balaban J connectivity index is 1.56. The molecule has 1 aromatic rings. The number of nitrogens with one attached hydrogen (secondary N) is 1. The quantitative estimate of drug-likeness (QED) is 0.0976. The molecule has 38 heavy (non-hydrogen) atoms. The Bertz CT molecular complexity index is 996. The van der Waals surface area contributed by atoms with E-state index in [-0.39, 0.29) is 19.6 Å². The lowest BCUT2D eigenvalue weighted by Crippen LogP contribution is -2.33. The van der Waals surface area contributed by atoms with Gasteiger partial charge in [0.05, 0.1) is 13.2 Å². The van der Waals surface area contributed by atoms with Gasteiger partial charge in [0.15, 0.2) is 11.9 Å². The van der Waals surface area contributed by atoms with Crippen LogP contribution in [0.25, 0.3) is 6.08 Å². The molecule has 0 saturated heterocycles. The number of aliphatic hydroxyl groups is 5. The lowest BCUT2D eigenvalue weighted by Gasteiger charge is -2.22. The van der Waals surface area contributed by atoms with Crippen molar-refractivity contribution in [3.05, 3.63) is 71.9 Å². The highest BCUT2D eigenvalue weighted by Gasteiger charge is 2.39. The zero-order chi connectivity index (χ0) is 27.8. The number of benzene rings is 1. The smallest absolute Gasteiger partial charge is 0.377 e. The molecule has 6 N–H and O–H groups in total. The van der Waals surface area contributed by atoms with E-state index in [2.05, 4.69) is 10.1 Å². The Morgan fingerprint density at radius 2 is 1.82 bits per heavy atom. The summed E-state index contributed by atoms with van der Waals surface area (Å²) in [5.41, 5.74) is 2.00. The van der Waals surface area contributed by atoms with E-state index in [1.54, 1.807) is 6.20 Å². The van der Waals surface area contributed by atoms with Gasteiger partial charge >= 0.3 is 11.9 Å². The molecule has 1 aliphatic heterocycles. The van der Waals surface area contributed by atoms with Gasteiger partial charge in [0.25, 0.3) is 0 Å². The van der Waals surface area contributed by atoms with Crippen LogP contribution in [0.1, 0.15) is 24.8 Å². The average molecular weight is 533 g/mol. The third-order valence-corrected chi connectivity index (χ3v) is 5.45. The minimum Gasteiger partial charge on any atom is -0.505 e. The summed E-state index contributed by atoms with van der Waals surface area (Å²) in [5, 5.41) is 49.9. The van der Waals surface area contributed by atoms with Gasteiger partial charge in [-0.25, -0.2) is 4.79 Å². The van der Waals surface area contributed by atoms with E-state index >= 15 is 0 Å². The summed E-state index contributed by atoms with van der Waals surface area (Å²) in [7, 11) is 0. The number of hydrogen-bond acceptors (Lipinski definition) is 11. The number of rotatable bonds is 17. The monoisotopic (exact) mass is 532 g/mol. The zero-order valence-corrected chi connectivity index (χ0v) is 21.1. The standard InChI is InChI=1S/C27H36N2O9/c30-17-15-29(16-18-31)21-11-9-20(10-12-21)7-4-2-1-3-5-13-28-14-6-8-23(33)37-19-22(32)26-24(34)25(35)27(36)38-26/h1,3-5,7,9-13,22,26,28,30-32,34-35H,2,6,8,14-19H2/b3-1-,7-4+,13-5-. The molecule has 0 spiro atoms. The van der Waals surface area contributed by atoms with Crippen LogP contribution in [0.5, 0.6) is 0 Å². The second kappa shape index (κ2) is 16.8. The van der Waals surface area contributed by atoms with E-state index in [0.717, 1.165) is 17.7 Å². The van der Waals surface area contributed by atoms with Crippen molar-refractivity contribution < 1.29 is 44.6 Å². The van der Waals surface area contributed by atoms with Crippen LogP contribution in [0, 0.1) is 0 Å². The van der Waals surface area contributed by atoms with Crippen LogP contribution in [0.3, 0.4) is 0 Å². The maximum absolute atomic E-state index is 11.8. The number of cyclic esters (lactones) is 1. The van der Waals surface area contributed by atoms with Gasteiger partial charge in [-0.05, 0) is 42.8 Å². The van der Waals surface area contributed by atoms with Gasteiger partial charge in [-0.1, -0.05) is 36.4 Å². The Hall–Kier alpha value is -3.80. The summed E-state index contributed by atoms with van der Waals surface area (Å²) in [5.74, 6) is -3.45. The third kappa shape index (κ3) is 10.3. The summed E-state index contributed by atoms with van der Waals surface area (Å²) in [6.07, 6.45) is 9.94. The first-order valence-corrected chi connectivity index (χ1v) is 12.3. The molecule has 0 aromatic heterocycles. The van der Waals surface area contributed by atoms with Crippen LogP contribution in [0.4, 0.5) is 5.69 Å². The molecule has 208 valence electrons. The molecule has 2 rings (SSSR count). The van der Waals surface area contributed by atoms with E-state index in [9.17, 15) is 24.9 Å². The van der Waals surface area contributed by atoms with Crippen LogP contribution in [-0.2, 0) is 19.1 Å². The highest BCUT2D eigenvalue weighted by molar-refractivity contribution is 5.89. The first kappa shape index (κ1) is 30.4. The van der Waals surface area contributed by atoms with Gasteiger partial charge in [-0.15, -0.1) is 0 Å². The number of aliphatic hydroxyl groups excluding tert-OH is 5. The maximum atomic E-state index is 11.8. The lowest BCUT2D eigenvalue weighted by molar-refractivity contribution is -0.154. The summed E-state index contributed by atoms with van der Waals surface area (Å²) in [6.45, 7) is 1.05. The lowest BCUT2D eigenvalue weighted by atomic mass is 10.1. The number of anilines is 1. The van der Waals surface area contributed by atoms with Crippen LogP contribution >= 0.6 is 0 Å². The topological polar surface area (TPSA) is 169 Å². The predicted octanol–water partition coefficient (Wildman–Crippen LogP) is 1.48. The van der Waals surface area contributed by atoms with Gasteiger partial charge in [0.2, 0.25) is 5.76 Å². The number of allylic oxidation sites excluding steroid dienone is 4. The molecule has 2 atom stereocenters. The average Bonchev–Trinajstić information content (AvgIpc) is 3.17. The fourth-order valence-corrected chi connectivity index (χ4v) is 3.45. The van der Waals surface area contributed by atoms with Gasteiger partial charge in [-0.3, -0.25) is 4.79 Å². The molecule has 0 amide bonds. The van der Waals surface area contributed by atoms with Crippen molar-refractivity contribution in [3.63, 3.8) is 0 Å². The third-order valence-electron chi connectivity index (χ3n) is 5.45. The largest absolute Gasteiger partial charge is 0.505 e. The second-order valence-electron chi connectivity index (χ2n) is 8.32. The molecular weight excluding hydrogens is 496 g/mol. The van der Waals surface area contributed by atoms with Gasteiger partial charge in [0, 0.05) is 31.7 Å². The number of hydrogen-bond donors (Lipinski definition) is 6. The number of carbonyl (C=O) groups is 2. The summed E-state index contributed by atoms with van der Waals surface area (Å²) in [6, 6.07) is 7.89. The normalized spacial score (nSPS) is 16.5. The molecule has 0 aliphatic carbocycles. The molecule has 1 heterocycles. The van der Waals surface area contributed by atoms with Crippen molar-refractivity contribution in [2.45, 2.75) is 31.5 Å². The van der Waals surface area contributed by atoms with Crippen molar-refractivity contribution in [2.75, 3.05) is 44.4 Å².